The lowest BCUT2D eigenvalue weighted by atomic mass is 9.91. The van der Waals surface area contributed by atoms with E-state index in [0.717, 1.165) is 10.6 Å². The van der Waals surface area contributed by atoms with Gasteiger partial charge in [-0.2, -0.15) is 0 Å². The largest absolute Gasteiger partial charge is 0.467 e. The Balaban J connectivity index is 2.08. The molecule has 0 aliphatic carbocycles. The molecule has 10 nitrogen and oxygen atoms in total. The van der Waals surface area contributed by atoms with Crippen LogP contribution in [-0.4, -0.2) is 65.3 Å². The lowest BCUT2D eigenvalue weighted by Gasteiger charge is -2.35. The maximum absolute atomic E-state index is 13.1. The number of methoxy groups -OCH3 is 1. The van der Waals surface area contributed by atoms with Gasteiger partial charge in [-0.1, -0.05) is 36.4 Å². The Morgan fingerprint density at radius 3 is 2.49 bits per heavy atom. The molecule has 0 spiro atoms. The van der Waals surface area contributed by atoms with Crippen LogP contribution in [0.1, 0.15) is 52.0 Å². The number of benzene rings is 1. The Morgan fingerprint density at radius 1 is 1.20 bits per heavy atom. The Bertz CT molecular complexity index is 913. The van der Waals surface area contributed by atoms with E-state index < -0.39 is 29.3 Å². The zero-order valence-electron chi connectivity index (χ0n) is 20.9. The van der Waals surface area contributed by atoms with Gasteiger partial charge >= 0.3 is 18.2 Å². The van der Waals surface area contributed by atoms with E-state index in [1.807, 2.05) is 18.2 Å². The molecule has 1 N–H and O–H groups in total. The van der Waals surface area contributed by atoms with E-state index in [9.17, 15) is 19.2 Å². The molecule has 0 saturated carbocycles. The number of hydrogen-bond donors (Lipinski definition) is 1. The van der Waals surface area contributed by atoms with Gasteiger partial charge in [0.2, 0.25) is 5.91 Å². The molecule has 1 aromatic carbocycles. The van der Waals surface area contributed by atoms with Gasteiger partial charge < -0.3 is 19.1 Å². The van der Waals surface area contributed by atoms with Crippen LogP contribution in [0.5, 0.6) is 0 Å². The van der Waals surface area contributed by atoms with Crippen molar-refractivity contribution in [1.82, 2.24) is 15.3 Å². The lowest BCUT2D eigenvalue weighted by molar-refractivity contribution is -0.159. The van der Waals surface area contributed by atoms with E-state index in [4.69, 9.17) is 14.2 Å². The molecule has 10 heteroatoms. The van der Waals surface area contributed by atoms with Gasteiger partial charge in [0.25, 0.3) is 0 Å². The summed E-state index contributed by atoms with van der Waals surface area (Å²) in [5.41, 5.74) is 1.19. The average Bonchev–Trinajstić information content (AvgIpc) is 3.24. The van der Waals surface area contributed by atoms with Crippen LogP contribution in [0.25, 0.3) is 0 Å². The number of nitrogens with zero attached hydrogens (tertiary/aromatic N) is 2. The molecule has 192 valence electrons. The van der Waals surface area contributed by atoms with Crippen molar-refractivity contribution in [2.24, 2.45) is 0 Å². The van der Waals surface area contributed by atoms with Crippen LogP contribution in [0.3, 0.4) is 0 Å². The van der Waals surface area contributed by atoms with Gasteiger partial charge in [-0.3, -0.25) is 4.79 Å². The maximum Gasteiger partial charge on any atom is 0.429 e. The summed E-state index contributed by atoms with van der Waals surface area (Å²) >= 11 is 0. The van der Waals surface area contributed by atoms with Crippen molar-refractivity contribution in [2.45, 2.75) is 64.2 Å². The summed E-state index contributed by atoms with van der Waals surface area (Å²) in [6.45, 7) is 8.96. The van der Waals surface area contributed by atoms with Crippen LogP contribution in [0, 0.1) is 0 Å². The Labute approximate surface area is 206 Å². The SMILES string of the molecule is C=CCC1(C(=O)OC)CCCN1C(=O)CCN(NC(=O)OCc1ccccc1)C(=O)OC(C)(C)C. The molecule has 3 amide bonds. The summed E-state index contributed by atoms with van der Waals surface area (Å²) in [7, 11) is 1.28. The highest BCUT2D eigenvalue weighted by atomic mass is 16.6. The van der Waals surface area contributed by atoms with Gasteiger partial charge in [0.15, 0.2) is 0 Å². The van der Waals surface area contributed by atoms with E-state index in [1.165, 1.54) is 12.0 Å². The Hall–Kier alpha value is -3.56. The number of rotatable bonds is 8. The van der Waals surface area contributed by atoms with E-state index in [0.29, 0.717) is 19.4 Å². The highest BCUT2D eigenvalue weighted by molar-refractivity contribution is 5.89. The molecule has 1 fully saturated rings. The average molecular weight is 490 g/mol. The monoisotopic (exact) mass is 489 g/mol. The summed E-state index contributed by atoms with van der Waals surface area (Å²) < 4.78 is 15.5. The lowest BCUT2D eigenvalue weighted by Crippen LogP contribution is -2.54. The third-order valence-corrected chi connectivity index (χ3v) is 5.44. The summed E-state index contributed by atoms with van der Waals surface area (Å²) in [4.78, 5) is 52.2. The zero-order chi connectivity index (χ0) is 26.1. The summed E-state index contributed by atoms with van der Waals surface area (Å²) in [6.07, 6.45) is 1.06. The van der Waals surface area contributed by atoms with Gasteiger partial charge in [0, 0.05) is 13.0 Å². The molecule has 0 aromatic heterocycles. The van der Waals surface area contributed by atoms with Gasteiger partial charge in [-0.25, -0.2) is 24.8 Å². The molecule has 35 heavy (non-hydrogen) atoms. The van der Waals surface area contributed by atoms with Crippen LogP contribution < -0.4 is 5.43 Å². The topological polar surface area (TPSA) is 114 Å². The second kappa shape index (κ2) is 12.2. The molecule has 0 radical (unpaired) electrons. The summed E-state index contributed by atoms with van der Waals surface area (Å²) in [6, 6.07) is 9.06. The van der Waals surface area contributed by atoms with Crippen molar-refractivity contribution in [2.75, 3.05) is 20.2 Å². The number of esters is 1. The van der Waals surface area contributed by atoms with Crippen molar-refractivity contribution in [3.63, 3.8) is 0 Å². The first-order chi connectivity index (χ1) is 16.5. The van der Waals surface area contributed by atoms with Crippen molar-refractivity contribution >= 4 is 24.1 Å². The van der Waals surface area contributed by atoms with Crippen LogP contribution in [-0.2, 0) is 30.4 Å². The molecule has 1 aliphatic heterocycles. The third-order valence-electron chi connectivity index (χ3n) is 5.44. The Morgan fingerprint density at radius 2 is 1.89 bits per heavy atom. The standard InChI is InChI=1S/C25H35N3O7/c1-6-14-25(21(30)33-5)15-10-16-27(25)20(29)13-17-28(23(32)35-24(2,3)4)26-22(31)34-18-19-11-8-7-9-12-19/h6-9,11-12H,1,10,13-18H2,2-5H3,(H,26,31). The summed E-state index contributed by atoms with van der Waals surface area (Å²) in [5.74, 6) is -0.863. The normalized spacial score (nSPS) is 17.3. The zero-order valence-corrected chi connectivity index (χ0v) is 20.9. The first kappa shape index (κ1) is 27.7. The van der Waals surface area contributed by atoms with E-state index >= 15 is 0 Å². The fourth-order valence-electron chi connectivity index (χ4n) is 3.90. The van der Waals surface area contributed by atoms with Crippen molar-refractivity contribution in [1.29, 1.82) is 0 Å². The molecule has 0 bridgehead atoms. The molecule has 2 rings (SSSR count). The molecule has 1 aromatic rings. The number of hydrogen-bond acceptors (Lipinski definition) is 7. The maximum atomic E-state index is 13.1. The predicted octanol–water partition coefficient (Wildman–Crippen LogP) is 3.57. The minimum absolute atomic E-state index is 0.00471. The van der Waals surface area contributed by atoms with Gasteiger partial charge in [-0.15, -0.1) is 6.58 Å². The van der Waals surface area contributed by atoms with E-state index in [-0.39, 0.29) is 31.9 Å². The minimum atomic E-state index is -1.12. The third kappa shape index (κ3) is 7.73. The predicted molar refractivity (Wildman–Crippen MR) is 128 cm³/mol. The van der Waals surface area contributed by atoms with Crippen LogP contribution in [0.2, 0.25) is 0 Å². The number of amides is 3. The van der Waals surface area contributed by atoms with Gasteiger partial charge in [0.05, 0.1) is 13.7 Å². The van der Waals surface area contributed by atoms with Gasteiger partial charge in [-0.05, 0) is 45.6 Å². The second-order valence-electron chi connectivity index (χ2n) is 9.22. The van der Waals surface area contributed by atoms with Crippen molar-refractivity contribution in [3.8, 4) is 0 Å². The van der Waals surface area contributed by atoms with Crippen LogP contribution in [0.4, 0.5) is 9.59 Å². The molecule has 1 heterocycles. The number of hydrazine groups is 1. The van der Waals surface area contributed by atoms with E-state index in [2.05, 4.69) is 12.0 Å². The number of likely N-dealkylation sites (tertiary alicyclic amines) is 1. The minimum Gasteiger partial charge on any atom is -0.467 e. The molecular weight excluding hydrogens is 454 g/mol. The van der Waals surface area contributed by atoms with Crippen molar-refractivity contribution in [3.05, 3.63) is 48.6 Å². The number of carbonyl (C=O) groups excluding carboxylic acids is 4. The number of nitrogens with one attached hydrogen (secondary N) is 1. The van der Waals surface area contributed by atoms with Crippen molar-refractivity contribution < 1.29 is 33.4 Å². The summed E-state index contributed by atoms with van der Waals surface area (Å²) in [5, 5.41) is 0.903. The second-order valence-corrected chi connectivity index (χ2v) is 9.22. The van der Waals surface area contributed by atoms with E-state index in [1.54, 1.807) is 39.0 Å². The molecule has 1 unspecified atom stereocenters. The smallest absolute Gasteiger partial charge is 0.429 e. The molecule has 1 saturated heterocycles. The van der Waals surface area contributed by atoms with Crippen LogP contribution in [0.15, 0.2) is 43.0 Å². The molecule has 1 atom stereocenters. The number of carbonyl (C=O) groups is 4. The molecule has 1 aliphatic rings. The fraction of sp³-hybridized carbons (Fsp3) is 0.520. The highest BCUT2D eigenvalue weighted by Gasteiger charge is 2.49. The highest BCUT2D eigenvalue weighted by Crippen LogP contribution is 2.34. The molecular formula is C25H35N3O7. The first-order valence-electron chi connectivity index (χ1n) is 11.5. The quantitative estimate of drug-likeness (QED) is 0.257. The fourth-order valence-corrected chi connectivity index (χ4v) is 3.90. The van der Waals surface area contributed by atoms with Crippen LogP contribution >= 0.6 is 0 Å². The number of ether oxygens (including phenoxy) is 3. The van der Waals surface area contributed by atoms with Gasteiger partial charge in [0.1, 0.15) is 17.7 Å². The Kier molecular flexibility index (Phi) is 9.68. The first-order valence-corrected chi connectivity index (χ1v) is 11.5.